The van der Waals surface area contributed by atoms with Crippen molar-refractivity contribution in [2.45, 2.75) is 43.5 Å². The van der Waals surface area contributed by atoms with Crippen molar-refractivity contribution < 1.29 is 17.6 Å². The van der Waals surface area contributed by atoms with Crippen LogP contribution in [-0.2, 0) is 10.0 Å². The lowest BCUT2D eigenvalue weighted by molar-refractivity contribution is 0.101. The van der Waals surface area contributed by atoms with Crippen LogP contribution in [0.25, 0.3) is 5.69 Å². The van der Waals surface area contributed by atoms with Crippen LogP contribution in [0.4, 0.5) is 10.1 Å². The van der Waals surface area contributed by atoms with Gasteiger partial charge >= 0.3 is 0 Å². The number of anilines is 1. The van der Waals surface area contributed by atoms with Gasteiger partial charge < -0.3 is 5.32 Å². The first kappa shape index (κ1) is 23.8. The number of rotatable bonds is 6. The first-order valence-corrected chi connectivity index (χ1v) is 12.5. The molecular weight excluding hydrogens is 459 g/mol. The van der Waals surface area contributed by atoms with Crippen molar-refractivity contribution in [2.75, 3.05) is 11.9 Å². The van der Waals surface area contributed by atoms with Crippen molar-refractivity contribution in [3.63, 3.8) is 0 Å². The molecular formula is C24H25FN4O4S. The van der Waals surface area contributed by atoms with E-state index in [1.165, 1.54) is 65.5 Å². The Hall–Kier alpha value is -3.37. The van der Waals surface area contributed by atoms with Crippen molar-refractivity contribution in [3.8, 4) is 5.69 Å². The number of nitrogens with one attached hydrogen (secondary N) is 1. The Balaban J connectivity index is 1.53. The van der Waals surface area contributed by atoms with E-state index in [1.807, 2.05) is 6.92 Å². The number of hydrogen-bond donors (Lipinski definition) is 1. The summed E-state index contributed by atoms with van der Waals surface area (Å²) in [7, 11) is -3.64. The Bertz CT molecular complexity index is 1340. The molecule has 0 saturated carbocycles. The summed E-state index contributed by atoms with van der Waals surface area (Å²) in [6.45, 7) is 2.48. The van der Waals surface area contributed by atoms with E-state index in [0.29, 0.717) is 17.9 Å². The van der Waals surface area contributed by atoms with Crippen LogP contribution in [0.15, 0.2) is 70.5 Å². The van der Waals surface area contributed by atoms with Gasteiger partial charge in [-0.25, -0.2) is 17.5 Å². The number of hydrogen-bond acceptors (Lipinski definition) is 5. The van der Waals surface area contributed by atoms with Gasteiger partial charge in [0.15, 0.2) is 5.69 Å². The Kier molecular flexibility index (Phi) is 6.90. The van der Waals surface area contributed by atoms with Crippen LogP contribution in [0, 0.1) is 5.82 Å². The van der Waals surface area contributed by atoms with Crippen molar-refractivity contribution in [1.29, 1.82) is 0 Å². The van der Waals surface area contributed by atoms with E-state index in [-0.39, 0.29) is 16.6 Å². The van der Waals surface area contributed by atoms with Crippen molar-refractivity contribution in [2.24, 2.45) is 0 Å². The first-order valence-electron chi connectivity index (χ1n) is 11.1. The molecule has 2 aromatic carbocycles. The minimum atomic E-state index is -3.64. The lowest BCUT2D eigenvalue weighted by Gasteiger charge is -2.34. The molecule has 4 rings (SSSR count). The van der Waals surface area contributed by atoms with Crippen LogP contribution in [0.5, 0.6) is 0 Å². The third-order valence-electron chi connectivity index (χ3n) is 5.88. The predicted molar refractivity (Wildman–Crippen MR) is 126 cm³/mol. The van der Waals surface area contributed by atoms with Crippen LogP contribution in [-0.4, -0.2) is 41.0 Å². The van der Waals surface area contributed by atoms with Crippen molar-refractivity contribution in [1.82, 2.24) is 14.1 Å². The van der Waals surface area contributed by atoms with Crippen LogP contribution in [0.1, 0.15) is 43.1 Å². The standard InChI is InChI=1S/C24H25FN4O4S/c1-2-19-5-3-4-15-29(19)34(32,33)21-12-8-18(9-13-21)26-24(31)23-22(30)14-16-28(27-23)20-10-6-17(25)7-11-20/h6-14,16,19H,2-5,15H2,1H3,(H,26,31). The average molecular weight is 485 g/mol. The SMILES string of the molecule is CCC1CCCCN1S(=O)(=O)c1ccc(NC(=O)c2nn(-c3ccc(F)cc3)ccc2=O)cc1. The molecule has 0 spiro atoms. The molecule has 1 fully saturated rings. The van der Waals surface area contributed by atoms with E-state index in [4.69, 9.17) is 0 Å². The monoisotopic (exact) mass is 484 g/mol. The zero-order valence-electron chi connectivity index (χ0n) is 18.6. The zero-order valence-corrected chi connectivity index (χ0v) is 19.5. The Morgan fingerprint density at radius 2 is 1.79 bits per heavy atom. The van der Waals surface area contributed by atoms with Gasteiger partial charge in [-0.05, 0) is 67.8 Å². The highest BCUT2D eigenvalue weighted by Gasteiger charge is 2.32. The molecule has 0 aliphatic carbocycles. The number of aromatic nitrogens is 2. The van der Waals surface area contributed by atoms with Gasteiger partial charge in [0.1, 0.15) is 5.82 Å². The van der Waals surface area contributed by atoms with Gasteiger partial charge in [-0.3, -0.25) is 9.59 Å². The lowest BCUT2D eigenvalue weighted by Crippen LogP contribution is -2.43. The predicted octanol–water partition coefficient (Wildman–Crippen LogP) is 3.58. The number of amides is 1. The number of carbonyl (C=O) groups excluding carboxylic acids is 1. The van der Waals surface area contributed by atoms with Crippen LogP contribution in [0.2, 0.25) is 0 Å². The third kappa shape index (κ3) is 4.92. The highest BCUT2D eigenvalue weighted by atomic mass is 32.2. The Labute approximate surface area is 197 Å². The molecule has 1 saturated heterocycles. The summed E-state index contributed by atoms with van der Waals surface area (Å²) in [5.74, 6) is -1.15. The molecule has 10 heteroatoms. The molecule has 1 aliphatic rings. The molecule has 2 heterocycles. The van der Waals surface area contributed by atoms with Gasteiger partial charge in [-0.2, -0.15) is 9.40 Å². The van der Waals surface area contributed by atoms with Crippen LogP contribution < -0.4 is 10.7 Å². The number of halogens is 1. The van der Waals surface area contributed by atoms with Crippen molar-refractivity contribution >= 4 is 21.6 Å². The van der Waals surface area contributed by atoms with Gasteiger partial charge in [-0.15, -0.1) is 0 Å². The largest absolute Gasteiger partial charge is 0.320 e. The minimum Gasteiger partial charge on any atom is -0.320 e. The summed E-state index contributed by atoms with van der Waals surface area (Å²) in [6, 6.07) is 12.5. The molecule has 1 N–H and O–H groups in total. The molecule has 1 unspecified atom stereocenters. The number of nitrogens with zero attached hydrogens (tertiary/aromatic N) is 3. The maximum absolute atomic E-state index is 13.2. The molecule has 3 aromatic rings. The Morgan fingerprint density at radius 3 is 2.47 bits per heavy atom. The van der Waals surface area contributed by atoms with Crippen LogP contribution in [0.3, 0.4) is 0 Å². The molecule has 178 valence electrons. The maximum atomic E-state index is 13.2. The highest BCUT2D eigenvalue weighted by Crippen LogP contribution is 2.27. The fourth-order valence-corrected chi connectivity index (χ4v) is 5.80. The second-order valence-electron chi connectivity index (χ2n) is 8.10. The first-order chi connectivity index (χ1) is 16.3. The van der Waals surface area contributed by atoms with Gasteiger partial charge in [0, 0.05) is 30.5 Å². The molecule has 1 aliphatic heterocycles. The fourth-order valence-electron chi connectivity index (χ4n) is 4.04. The summed E-state index contributed by atoms with van der Waals surface area (Å²) in [4.78, 5) is 25.1. The number of sulfonamides is 1. The average Bonchev–Trinajstić information content (AvgIpc) is 2.85. The summed E-state index contributed by atoms with van der Waals surface area (Å²) in [5, 5.41) is 6.65. The topological polar surface area (TPSA) is 101 Å². The molecule has 34 heavy (non-hydrogen) atoms. The van der Waals surface area contributed by atoms with Crippen LogP contribution >= 0.6 is 0 Å². The number of carbonyl (C=O) groups is 1. The van der Waals surface area contributed by atoms with E-state index in [0.717, 1.165) is 25.7 Å². The third-order valence-corrected chi connectivity index (χ3v) is 7.84. The second-order valence-corrected chi connectivity index (χ2v) is 9.99. The number of benzene rings is 2. The normalized spacial score (nSPS) is 16.8. The van der Waals surface area contributed by atoms with Gasteiger partial charge in [0.05, 0.1) is 10.6 Å². The lowest BCUT2D eigenvalue weighted by atomic mass is 10.0. The van der Waals surface area contributed by atoms with Gasteiger partial charge in [-0.1, -0.05) is 13.3 Å². The summed E-state index contributed by atoms with van der Waals surface area (Å²) in [5.41, 5.74) is -0.116. The van der Waals surface area contributed by atoms with E-state index < -0.39 is 27.2 Å². The molecule has 0 radical (unpaired) electrons. The fraction of sp³-hybridized carbons (Fsp3) is 0.292. The number of piperidine rings is 1. The van der Waals surface area contributed by atoms with Crippen molar-refractivity contribution in [3.05, 3.63) is 82.5 Å². The Morgan fingerprint density at radius 1 is 1.09 bits per heavy atom. The summed E-state index contributed by atoms with van der Waals surface area (Å²) >= 11 is 0. The molecule has 1 amide bonds. The quantitative estimate of drug-likeness (QED) is 0.576. The summed E-state index contributed by atoms with van der Waals surface area (Å²) in [6.07, 6.45) is 4.85. The molecule has 1 aromatic heterocycles. The molecule has 0 bridgehead atoms. The molecule has 1 atom stereocenters. The minimum absolute atomic E-state index is 0.00874. The van der Waals surface area contributed by atoms with Gasteiger partial charge in [0.2, 0.25) is 15.5 Å². The zero-order chi connectivity index (χ0) is 24.3. The van der Waals surface area contributed by atoms with E-state index in [9.17, 15) is 22.4 Å². The van der Waals surface area contributed by atoms with E-state index in [2.05, 4.69) is 10.4 Å². The maximum Gasteiger partial charge on any atom is 0.280 e. The summed E-state index contributed by atoms with van der Waals surface area (Å²) < 4.78 is 42.3. The highest BCUT2D eigenvalue weighted by molar-refractivity contribution is 7.89. The molecule has 8 nitrogen and oxygen atoms in total. The van der Waals surface area contributed by atoms with E-state index in [1.54, 1.807) is 4.31 Å². The second kappa shape index (κ2) is 9.86. The smallest absolute Gasteiger partial charge is 0.280 e. The van der Waals surface area contributed by atoms with E-state index >= 15 is 0 Å². The van der Waals surface area contributed by atoms with Gasteiger partial charge in [0.25, 0.3) is 5.91 Å².